The molecule has 0 atom stereocenters. The van der Waals surface area contributed by atoms with Crippen LogP contribution in [0.5, 0.6) is 17.4 Å². The van der Waals surface area contributed by atoms with E-state index < -0.39 is 0 Å². The number of hydrogen-bond donors (Lipinski definition) is 0. The molecule has 0 amide bonds. The minimum Gasteiger partial charge on any atom is -0.496 e. The third-order valence-corrected chi connectivity index (χ3v) is 7.33. The van der Waals surface area contributed by atoms with Gasteiger partial charge in [0.2, 0.25) is 5.88 Å². The number of aromatic nitrogens is 1. The SMILES string of the molecule is COc1cccc2c1CC(=CCCN1CCN(C3CCCCC3)CC1)c1cccnc1O2. The Labute approximate surface area is 192 Å². The molecule has 0 spiro atoms. The van der Waals surface area contributed by atoms with Gasteiger partial charge in [-0.05, 0) is 49.1 Å². The average molecular weight is 434 g/mol. The summed E-state index contributed by atoms with van der Waals surface area (Å²) in [7, 11) is 1.72. The van der Waals surface area contributed by atoms with Crippen molar-refractivity contribution in [1.82, 2.24) is 14.8 Å². The Hall–Kier alpha value is -2.37. The van der Waals surface area contributed by atoms with Crippen molar-refractivity contribution in [2.75, 3.05) is 39.8 Å². The molecular weight excluding hydrogens is 398 g/mol. The summed E-state index contributed by atoms with van der Waals surface area (Å²) in [5.41, 5.74) is 3.46. The molecule has 32 heavy (non-hydrogen) atoms. The molecule has 2 aromatic rings. The van der Waals surface area contributed by atoms with Crippen LogP contribution in [0.4, 0.5) is 0 Å². The summed E-state index contributed by atoms with van der Waals surface area (Å²) in [5, 5.41) is 0. The van der Waals surface area contributed by atoms with Gasteiger partial charge in [0.25, 0.3) is 0 Å². The molecule has 2 fully saturated rings. The summed E-state index contributed by atoms with van der Waals surface area (Å²) in [5.74, 6) is 2.40. The van der Waals surface area contributed by atoms with Gasteiger partial charge in [0.15, 0.2) is 0 Å². The summed E-state index contributed by atoms with van der Waals surface area (Å²) < 4.78 is 11.8. The molecule has 3 aliphatic rings. The molecule has 170 valence electrons. The van der Waals surface area contributed by atoms with E-state index in [1.807, 2.05) is 24.3 Å². The smallest absolute Gasteiger partial charge is 0.226 e. The van der Waals surface area contributed by atoms with E-state index in [2.05, 4.69) is 26.9 Å². The van der Waals surface area contributed by atoms with Crippen LogP contribution in [0.1, 0.15) is 49.7 Å². The molecule has 0 radical (unpaired) electrons. The Kier molecular flexibility index (Phi) is 6.75. The monoisotopic (exact) mass is 433 g/mol. The summed E-state index contributed by atoms with van der Waals surface area (Å²) in [6.45, 7) is 5.95. The highest BCUT2D eigenvalue weighted by atomic mass is 16.5. The fourth-order valence-electron chi connectivity index (χ4n) is 5.51. The lowest BCUT2D eigenvalue weighted by Gasteiger charge is -2.40. The van der Waals surface area contributed by atoms with Crippen molar-refractivity contribution in [3.8, 4) is 17.4 Å². The van der Waals surface area contributed by atoms with Gasteiger partial charge in [-0.3, -0.25) is 4.90 Å². The Bertz CT molecular complexity index is 944. The van der Waals surface area contributed by atoms with Crippen molar-refractivity contribution in [2.24, 2.45) is 0 Å². The molecular formula is C27H35N3O2. The van der Waals surface area contributed by atoms with Crippen LogP contribution in [0.3, 0.4) is 0 Å². The molecule has 5 nitrogen and oxygen atoms in total. The van der Waals surface area contributed by atoms with Crippen molar-refractivity contribution in [2.45, 2.75) is 51.0 Å². The molecule has 1 saturated carbocycles. The lowest BCUT2D eigenvalue weighted by Crippen LogP contribution is -2.50. The molecule has 2 aliphatic heterocycles. The number of allylic oxidation sites excluding steroid dienone is 1. The first-order valence-electron chi connectivity index (χ1n) is 12.3. The predicted molar refractivity (Wildman–Crippen MR) is 128 cm³/mol. The van der Waals surface area contributed by atoms with E-state index in [1.165, 1.54) is 63.9 Å². The lowest BCUT2D eigenvalue weighted by molar-refractivity contribution is 0.0799. The van der Waals surface area contributed by atoms with Crippen LogP contribution in [-0.2, 0) is 6.42 Å². The molecule has 1 aromatic heterocycles. The zero-order chi connectivity index (χ0) is 21.8. The quantitative estimate of drug-likeness (QED) is 0.651. The van der Waals surface area contributed by atoms with E-state index >= 15 is 0 Å². The van der Waals surface area contributed by atoms with Crippen LogP contribution < -0.4 is 9.47 Å². The zero-order valence-electron chi connectivity index (χ0n) is 19.3. The number of nitrogens with zero attached hydrogens (tertiary/aromatic N) is 3. The summed E-state index contributed by atoms with van der Waals surface area (Å²) in [6.07, 6.45) is 13.1. The number of rotatable bonds is 5. The van der Waals surface area contributed by atoms with Gasteiger partial charge in [0.1, 0.15) is 11.5 Å². The number of benzene rings is 1. The normalized spacial score (nSPS) is 21.5. The fourth-order valence-corrected chi connectivity index (χ4v) is 5.51. The molecule has 5 heteroatoms. The maximum Gasteiger partial charge on any atom is 0.226 e. The van der Waals surface area contributed by atoms with Gasteiger partial charge >= 0.3 is 0 Å². The van der Waals surface area contributed by atoms with Crippen molar-refractivity contribution >= 4 is 5.57 Å². The maximum absolute atomic E-state index is 6.19. The molecule has 0 bridgehead atoms. The fraction of sp³-hybridized carbons (Fsp3) is 0.519. The number of pyridine rings is 1. The number of ether oxygens (including phenoxy) is 2. The van der Waals surface area contributed by atoms with E-state index in [0.717, 1.165) is 48.1 Å². The second-order valence-corrected chi connectivity index (χ2v) is 9.26. The number of methoxy groups -OCH3 is 1. The van der Waals surface area contributed by atoms with Gasteiger partial charge in [0.05, 0.1) is 7.11 Å². The minimum atomic E-state index is 0.687. The standard InChI is InChI=1S/C27H35N3O2/c1-31-25-12-5-13-26-24(25)20-21(23-11-6-14-28-27(23)32-26)8-7-15-29-16-18-30(19-17-29)22-9-3-2-4-10-22/h5-6,8,11-14,22H,2-4,7,9-10,15-20H2,1H3. The van der Waals surface area contributed by atoms with E-state index in [9.17, 15) is 0 Å². The molecule has 0 unspecified atom stereocenters. The third kappa shape index (κ3) is 4.69. The predicted octanol–water partition coefficient (Wildman–Crippen LogP) is 5.16. The summed E-state index contributed by atoms with van der Waals surface area (Å²) >= 11 is 0. The zero-order valence-corrected chi connectivity index (χ0v) is 19.3. The van der Waals surface area contributed by atoms with Gasteiger partial charge in [-0.25, -0.2) is 4.98 Å². The van der Waals surface area contributed by atoms with Crippen molar-refractivity contribution in [1.29, 1.82) is 0 Å². The van der Waals surface area contributed by atoms with Gasteiger partial charge < -0.3 is 14.4 Å². The first-order valence-corrected chi connectivity index (χ1v) is 12.3. The topological polar surface area (TPSA) is 37.8 Å². The van der Waals surface area contributed by atoms with Gasteiger partial charge in [-0.2, -0.15) is 0 Å². The second kappa shape index (κ2) is 10.1. The van der Waals surface area contributed by atoms with Crippen LogP contribution in [0.25, 0.3) is 5.57 Å². The van der Waals surface area contributed by atoms with Crippen molar-refractivity contribution < 1.29 is 9.47 Å². The van der Waals surface area contributed by atoms with E-state index in [4.69, 9.17) is 9.47 Å². The Balaban J connectivity index is 1.25. The molecule has 5 rings (SSSR count). The highest BCUT2D eigenvalue weighted by molar-refractivity contribution is 5.74. The van der Waals surface area contributed by atoms with Gasteiger partial charge in [-0.15, -0.1) is 0 Å². The van der Waals surface area contributed by atoms with Crippen LogP contribution in [-0.4, -0.2) is 60.7 Å². The van der Waals surface area contributed by atoms with Crippen LogP contribution in [0, 0.1) is 0 Å². The lowest BCUT2D eigenvalue weighted by atomic mass is 9.94. The van der Waals surface area contributed by atoms with Gasteiger partial charge in [-0.1, -0.05) is 31.4 Å². The Morgan fingerprint density at radius 1 is 1.06 bits per heavy atom. The Morgan fingerprint density at radius 3 is 2.72 bits per heavy atom. The van der Waals surface area contributed by atoms with Crippen LogP contribution in [0.15, 0.2) is 42.6 Å². The largest absolute Gasteiger partial charge is 0.496 e. The molecule has 1 aliphatic carbocycles. The van der Waals surface area contributed by atoms with Crippen LogP contribution in [0.2, 0.25) is 0 Å². The highest BCUT2D eigenvalue weighted by Gasteiger charge is 2.25. The van der Waals surface area contributed by atoms with E-state index in [-0.39, 0.29) is 0 Å². The minimum absolute atomic E-state index is 0.687. The van der Waals surface area contributed by atoms with Crippen molar-refractivity contribution in [3.63, 3.8) is 0 Å². The number of hydrogen-bond acceptors (Lipinski definition) is 5. The maximum atomic E-state index is 6.19. The van der Waals surface area contributed by atoms with E-state index in [0.29, 0.717) is 5.88 Å². The number of fused-ring (bicyclic) bond motifs is 2. The molecule has 0 N–H and O–H groups in total. The third-order valence-electron chi connectivity index (χ3n) is 7.33. The molecule has 1 aromatic carbocycles. The Morgan fingerprint density at radius 2 is 1.91 bits per heavy atom. The van der Waals surface area contributed by atoms with Crippen LogP contribution >= 0.6 is 0 Å². The summed E-state index contributed by atoms with van der Waals surface area (Å²) in [4.78, 5) is 9.89. The first-order chi connectivity index (χ1) is 15.8. The highest BCUT2D eigenvalue weighted by Crippen LogP contribution is 2.41. The van der Waals surface area contributed by atoms with Crippen molar-refractivity contribution in [3.05, 3.63) is 53.7 Å². The first kappa shape index (κ1) is 21.5. The second-order valence-electron chi connectivity index (χ2n) is 9.26. The summed E-state index contributed by atoms with van der Waals surface area (Å²) in [6, 6.07) is 10.9. The number of piperazine rings is 1. The average Bonchev–Trinajstić information content (AvgIpc) is 3.01. The molecule has 3 heterocycles. The molecule has 1 saturated heterocycles. The van der Waals surface area contributed by atoms with Gasteiger partial charge in [0, 0.05) is 62.5 Å². The van der Waals surface area contributed by atoms with E-state index in [1.54, 1.807) is 13.3 Å².